The highest BCUT2D eigenvalue weighted by Crippen LogP contribution is 2.38. The van der Waals surface area contributed by atoms with E-state index >= 15 is 0 Å². The molecule has 1 aliphatic rings. The monoisotopic (exact) mass is 325 g/mol. The van der Waals surface area contributed by atoms with Crippen LogP contribution < -0.4 is 9.64 Å². The zero-order valence-corrected chi connectivity index (χ0v) is 13.8. The summed E-state index contributed by atoms with van der Waals surface area (Å²) < 4.78 is 29.2. The van der Waals surface area contributed by atoms with E-state index < -0.39 is 18.9 Å². The minimum absolute atomic E-state index is 0.0952. The van der Waals surface area contributed by atoms with Gasteiger partial charge in [0.1, 0.15) is 5.75 Å². The van der Waals surface area contributed by atoms with Crippen LogP contribution in [0.4, 0.5) is 10.1 Å². The quantitative estimate of drug-likeness (QED) is 0.517. The minimum Gasteiger partial charge on any atom is -0.497 e. The first kappa shape index (κ1) is 17.7. The first-order chi connectivity index (χ1) is 11.2. The molecule has 0 spiro atoms. The Kier molecular flexibility index (Phi) is 6.36. The molecule has 1 aromatic carbocycles. The van der Waals surface area contributed by atoms with Crippen LogP contribution in [0.3, 0.4) is 0 Å². The summed E-state index contributed by atoms with van der Waals surface area (Å²) in [5, 5.41) is 0. The van der Waals surface area contributed by atoms with E-state index in [1.54, 1.807) is 24.1 Å². The van der Waals surface area contributed by atoms with E-state index in [2.05, 4.69) is 0 Å². The van der Waals surface area contributed by atoms with E-state index in [4.69, 9.17) is 14.2 Å². The van der Waals surface area contributed by atoms with Gasteiger partial charge >= 0.3 is 0 Å². The number of alkyl halides is 1. The Hall–Kier alpha value is -1.66. The van der Waals surface area contributed by atoms with Gasteiger partial charge in [-0.05, 0) is 44.5 Å². The zero-order valence-electron chi connectivity index (χ0n) is 13.8. The van der Waals surface area contributed by atoms with E-state index in [-0.39, 0.29) is 18.4 Å². The van der Waals surface area contributed by atoms with Crippen LogP contribution in [0.15, 0.2) is 24.3 Å². The molecule has 0 N–H and O–H groups in total. The molecule has 0 unspecified atom stereocenters. The third kappa shape index (κ3) is 3.64. The summed E-state index contributed by atoms with van der Waals surface area (Å²) in [4.78, 5) is 14.1. The van der Waals surface area contributed by atoms with Gasteiger partial charge in [-0.2, -0.15) is 0 Å². The van der Waals surface area contributed by atoms with Crippen molar-refractivity contribution in [1.29, 1.82) is 0 Å². The maximum atomic E-state index is 12.8. The fourth-order valence-corrected chi connectivity index (χ4v) is 2.91. The summed E-state index contributed by atoms with van der Waals surface area (Å²) in [6, 6.07) is 6.89. The Labute approximate surface area is 136 Å². The standard InChI is InChI=1S/C17H24FNO4/c1-4-22-17(23-5-2)15-14(10-11-18)16(20)19(15)12-6-8-13(21-3)9-7-12/h6-9,14-15,17H,4-5,10-11H2,1-3H3/t14-,15-/m1/s1. The largest absolute Gasteiger partial charge is 0.497 e. The lowest BCUT2D eigenvalue weighted by molar-refractivity contribution is -0.177. The number of carbonyl (C=O) groups excluding carboxylic acids is 1. The highest BCUT2D eigenvalue weighted by Gasteiger charge is 2.52. The van der Waals surface area contributed by atoms with Gasteiger partial charge < -0.3 is 19.1 Å². The van der Waals surface area contributed by atoms with Gasteiger partial charge in [0.15, 0.2) is 6.29 Å². The van der Waals surface area contributed by atoms with Crippen LogP contribution in [0, 0.1) is 5.92 Å². The van der Waals surface area contributed by atoms with Crippen LogP contribution in [0.2, 0.25) is 0 Å². The number of nitrogens with zero attached hydrogens (tertiary/aromatic N) is 1. The number of amides is 1. The molecular formula is C17H24FNO4. The van der Waals surface area contributed by atoms with Crippen molar-refractivity contribution in [3.63, 3.8) is 0 Å². The highest BCUT2D eigenvalue weighted by atomic mass is 19.1. The molecule has 1 fully saturated rings. The van der Waals surface area contributed by atoms with Crippen molar-refractivity contribution in [3.8, 4) is 5.75 Å². The maximum absolute atomic E-state index is 12.8. The fourth-order valence-electron chi connectivity index (χ4n) is 2.91. The van der Waals surface area contributed by atoms with Crippen molar-refractivity contribution >= 4 is 11.6 Å². The zero-order chi connectivity index (χ0) is 16.8. The van der Waals surface area contributed by atoms with Gasteiger partial charge in [0.05, 0.1) is 25.7 Å². The number of methoxy groups -OCH3 is 1. The second-order valence-electron chi connectivity index (χ2n) is 5.26. The van der Waals surface area contributed by atoms with E-state index in [1.807, 2.05) is 26.0 Å². The summed E-state index contributed by atoms with van der Waals surface area (Å²) >= 11 is 0. The number of hydrogen-bond acceptors (Lipinski definition) is 4. The molecule has 1 heterocycles. The number of halogens is 1. The van der Waals surface area contributed by atoms with Gasteiger partial charge in [-0.1, -0.05) is 0 Å². The fraction of sp³-hybridized carbons (Fsp3) is 0.588. The van der Waals surface area contributed by atoms with E-state index in [1.165, 1.54) is 0 Å². The van der Waals surface area contributed by atoms with Crippen LogP contribution in [-0.4, -0.2) is 45.2 Å². The number of rotatable bonds is 9. The molecule has 0 saturated carbocycles. The van der Waals surface area contributed by atoms with Gasteiger partial charge in [-0.3, -0.25) is 9.18 Å². The average Bonchev–Trinajstić information content (AvgIpc) is 2.57. The number of anilines is 1. The number of hydrogen-bond donors (Lipinski definition) is 0. The SMILES string of the molecule is CCOC(OCC)[C@H]1[C@@H](CCF)C(=O)N1c1ccc(OC)cc1. The van der Waals surface area contributed by atoms with Crippen molar-refractivity contribution in [3.05, 3.63) is 24.3 Å². The van der Waals surface area contributed by atoms with E-state index in [9.17, 15) is 9.18 Å². The number of β-lactam (4-membered cyclic amide) rings is 1. The molecule has 1 aliphatic heterocycles. The molecular weight excluding hydrogens is 301 g/mol. The first-order valence-electron chi connectivity index (χ1n) is 7.94. The molecule has 1 saturated heterocycles. The van der Waals surface area contributed by atoms with Crippen LogP contribution in [-0.2, 0) is 14.3 Å². The smallest absolute Gasteiger partial charge is 0.232 e. The van der Waals surface area contributed by atoms with Gasteiger partial charge in [-0.15, -0.1) is 0 Å². The van der Waals surface area contributed by atoms with Crippen LogP contribution in [0.5, 0.6) is 5.75 Å². The summed E-state index contributed by atoms with van der Waals surface area (Å²) in [7, 11) is 1.59. The summed E-state index contributed by atoms with van der Waals surface area (Å²) in [6.07, 6.45) is -0.367. The molecule has 1 amide bonds. The van der Waals surface area contributed by atoms with Gasteiger partial charge in [0.25, 0.3) is 0 Å². The number of carbonyl (C=O) groups is 1. The molecule has 128 valence electrons. The molecule has 0 bridgehead atoms. The first-order valence-corrected chi connectivity index (χ1v) is 7.94. The summed E-state index contributed by atoms with van der Waals surface area (Å²) in [5.74, 6) is 0.206. The molecule has 0 aliphatic carbocycles. The van der Waals surface area contributed by atoms with Crippen molar-refractivity contribution in [2.45, 2.75) is 32.6 Å². The molecule has 6 heteroatoms. The average molecular weight is 325 g/mol. The Morgan fingerprint density at radius 3 is 2.26 bits per heavy atom. The Morgan fingerprint density at radius 1 is 1.17 bits per heavy atom. The minimum atomic E-state index is -0.554. The van der Waals surface area contributed by atoms with Gasteiger partial charge in [0, 0.05) is 18.9 Å². The third-order valence-corrected chi connectivity index (χ3v) is 3.98. The van der Waals surface area contributed by atoms with Crippen LogP contribution in [0.1, 0.15) is 20.3 Å². The van der Waals surface area contributed by atoms with Crippen molar-refractivity contribution in [2.24, 2.45) is 5.92 Å². The maximum Gasteiger partial charge on any atom is 0.232 e. The van der Waals surface area contributed by atoms with Crippen LogP contribution >= 0.6 is 0 Å². The van der Waals surface area contributed by atoms with Gasteiger partial charge in [0.2, 0.25) is 5.91 Å². The number of benzene rings is 1. The van der Waals surface area contributed by atoms with Crippen molar-refractivity contribution < 1.29 is 23.4 Å². The van der Waals surface area contributed by atoms with E-state index in [0.717, 1.165) is 5.69 Å². The predicted molar refractivity (Wildman–Crippen MR) is 85.4 cm³/mol. The number of ether oxygens (including phenoxy) is 3. The molecule has 0 aromatic heterocycles. The van der Waals surface area contributed by atoms with Crippen molar-refractivity contribution in [2.75, 3.05) is 31.9 Å². The van der Waals surface area contributed by atoms with Gasteiger partial charge in [-0.25, -0.2) is 0 Å². The molecule has 2 atom stereocenters. The highest BCUT2D eigenvalue weighted by molar-refractivity contribution is 6.03. The third-order valence-electron chi connectivity index (χ3n) is 3.98. The van der Waals surface area contributed by atoms with Crippen LogP contribution in [0.25, 0.3) is 0 Å². The topological polar surface area (TPSA) is 48.0 Å². The molecule has 23 heavy (non-hydrogen) atoms. The Balaban J connectivity index is 2.25. The molecule has 2 rings (SSSR count). The second-order valence-corrected chi connectivity index (χ2v) is 5.26. The normalized spacial score (nSPS) is 20.7. The lowest BCUT2D eigenvalue weighted by atomic mass is 9.83. The second kappa shape index (κ2) is 8.26. The predicted octanol–water partition coefficient (Wildman–Crippen LogP) is 2.79. The Morgan fingerprint density at radius 2 is 1.78 bits per heavy atom. The lowest BCUT2D eigenvalue weighted by Crippen LogP contribution is -2.67. The summed E-state index contributed by atoms with van der Waals surface area (Å²) in [5.41, 5.74) is 0.736. The van der Waals surface area contributed by atoms with Crippen molar-refractivity contribution in [1.82, 2.24) is 0 Å². The molecule has 5 nitrogen and oxygen atoms in total. The Bertz CT molecular complexity index is 502. The summed E-state index contributed by atoms with van der Waals surface area (Å²) in [6.45, 7) is 4.14. The molecule has 1 aromatic rings. The lowest BCUT2D eigenvalue weighted by Gasteiger charge is -2.49. The molecule has 0 radical (unpaired) electrons. The van der Waals surface area contributed by atoms with E-state index in [0.29, 0.717) is 19.0 Å².